The van der Waals surface area contributed by atoms with Crippen LogP contribution in [0.5, 0.6) is 0 Å². The summed E-state index contributed by atoms with van der Waals surface area (Å²) in [7, 11) is 0. The third-order valence-corrected chi connectivity index (χ3v) is 3.85. The van der Waals surface area contributed by atoms with Gasteiger partial charge >= 0.3 is 0 Å². The first kappa shape index (κ1) is 15.5. The van der Waals surface area contributed by atoms with Gasteiger partial charge < -0.3 is 14.5 Å². The average molecular weight is 280 g/mol. The largest absolute Gasteiger partial charge is 0.468 e. The molecule has 0 atom stereocenters. The van der Waals surface area contributed by atoms with Crippen LogP contribution in [0.25, 0.3) is 0 Å². The highest BCUT2D eigenvalue weighted by atomic mass is 16.5. The van der Waals surface area contributed by atoms with Crippen LogP contribution in [-0.2, 0) is 17.8 Å². The summed E-state index contributed by atoms with van der Waals surface area (Å²) in [6.07, 6.45) is 1.80. The summed E-state index contributed by atoms with van der Waals surface area (Å²) in [5.41, 5.74) is 1.38. The molecule has 4 heteroatoms. The molecule has 1 aromatic heterocycles. The Bertz CT molecular complexity index is 412. The summed E-state index contributed by atoms with van der Waals surface area (Å²) in [6, 6.07) is 2.10. The second-order valence-corrected chi connectivity index (χ2v) is 6.68. The number of morpholine rings is 1. The highest BCUT2D eigenvalue weighted by Gasteiger charge is 2.31. The van der Waals surface area contributed by atoms with Crippen LogP contribution in [0, 0.1) is 5.92 Å². The van der Waals surface area contributed by atoms with Crippen LogP contribution >= 0.6 is 0 Å². The second kappa shape index (κ2) is 6.74. The molecule has 0 amide bonds. The predicted octanol–water partition coefficient (Wildman–Crippen LogP) is 2.64. The Balaban J connectivity index is 1.94. The number of ether oxygens (including phenoxy) is 1. The average Bonchev–Trinajstić information content (AvgIpc) is 2.79. The van der Waals surface area contributed by atoms with Crippen molar-refractivity contribution in [2.45, 2.75) is 46.3 Å². The molecule has 2 rings (SSSR count). The normalized spacial score (nSPS) is 19.6. The summed E-state index contributed by atoms with van der Waals surface area (Å²) in [5, 5.41) is 3.45. The Morgan fingerprint density at radius 2 is 2.20 bits per heavy atom. The maximum Gasteiger partial charge on any atom is 0.122 e. The molecule has 4 nitrogen and oxygen atoms in total. The summed E-state index contributed by atoms with van der Waals surface area (Å²) in [4.78, 5) is 2.48. The molecule has 0 bridgehead atoms. The molecule has 1 fully saturated rings. The minimum atomic E-state index is 0.0954. The van der Waals surface area contributed by atoms with E-state index in [-0.39, 0.29) is 5.54 Å². The molecule has 114 valence electrons. The molecule has 1 aliphatic rings. The van der Waals surface area contributed by atoms with E-state index in [0.29, 0.717) is 5.92 Å². The van der Waals surface area contributed by atoms with Crippen molar-refractivity contribution in [2.24, 2.45) is 5.92 Å². The lowest BCUT2D eigenvalue weighted by molar-refractivity contribution is -0.0554. The standard InChI is InChI=1S/C16H28N2O2/c1-13(2)9-17-10-15-14(5-7-20-15)11-18-6-8-19-12-16(18,3)4/h5,7,13,17H,6,8-12H2,1-4H3. The number of furan rings is 1. The van der Waals surface area contributed by atoms with Gasteiger partial charge in [-0.3, -0.25) is 4.90 Å². The highest BCUT2D eigenvalue weighted by Crippen LogP contribution is 2.23. The summed E-state index contributed by atoms with van der Waals surface area (Å²) < 4.78 is 11.2. The van der Waals surface area contributed by atoms with Gasteiger partial charge in [0.1, 0.15) is 5.76 Å². The zero-order chi connectivity index (χ0) is 14.6. The first-order valence-corrected chi connectivity index (χ1v) is 7.58. The van der Waals surface area contributed by atoms with Crippen LogP contribution in [0.15, 0.2) is 16.7 Å². The van der Waals surface area contributed by atoms with E-state index in [9.17, 15) is 0 Å². The van der Waals surface area contributed by atoms with Gasteiger partial charge in [0.15, 0.2) is 0 Å². The molecule has 1 aromatic rings. The van der Waals surface area contributed by atoms with Gasteiger partial charge in [-0.25, -0.2) is 0 Å². The zero-order valence-electron chi connectivity index (χ0n) is 13.2. The Morgan fingerprint density at radius 1 is 1.40 bits per heavy atom. The van der Waals surface area contributed by atoms with Crippen LogP contribution in [0.1, 0.15) is 39.0 Å². The Morgan fingerprint density at radius 3 is 2.90 bits per heavy atom. The monoisotopic (exact) mass is 280 g/mol. The van der Waals surface area contributed by atoms with E-state index < -0.39 is 0 Å². The van der Waals surface area contributed by atoms with E-state index in [2.05, 4.69) is 44.0 Å². The lowest BCUT2D eigenvalue weighted by atomic mass is 10.0. The van der Waals surface area contributed by atoms with E-state index >= 15 is 0 Å². The Hall–Kier alpha value is -0.840. The van der Waals surface area contributed by atoms with Gasteiger partial charge in [0.25, 0.3) is 0 Å². The Kier molecular flexibility index (Phi) is 5.24. The van der Waals surface area contributed by atoms with Crippen molar-refractivity contribution in [3.05, 3.63) is 23.7 Å². The quantitative estimate of drug-likeness (QED) is 0.869. The minimum absolute atomic E-state index is 0.0954. The summed E-state index contributed by atoms with van der Waals surface area (Å²) in [6.45, 7) is 14.3. The van der Waals surface area contributed by atoms with Crippen molar-refractivity contribution < 1.29 is 9.15 Å². The number of hydrogen-bond acceptors (Lipinski definition) is 4. The van der Waals surface area contributed by atoms with Crippen LogP contribution in [-0.4, -0.2) is 36.7 Å². The number of nitrogens with one attached hydrogen (secondary N) is 1. The predicted molar refractivity (Wildman–Crippen MR) is 80.6 cm³/mol. The van der Waals surface area contributed by atoms with Gasteiger partial charge in [0.05, 0.1) is 26.0 Å². The van der Waals surface area contributed by atoms with E-state index in [0.717, 1.165) is 45.2 Å². The third kappa shape index (κ3) is 4.08. The van der Waals surface area contributed by atoms with Gasteiger partial charge in [-0.05, 0) is 32.4 Å². The van der Waals surface area contributed by atoms with Crippen LogP contribution in [0.2, 0.25) is 0 Å². The highest BCUT2D eigenvalue weighted by molar-refractivity contribution is 5.17. The van der Waals surface area contributed by atoms with Crippen LogP contribution in [0.4, 0.5) is 0 Å². The molecule has 1 saturated heterocycles. The van der Waals surface area contributed by atoms with Gasteiger partial charge in [-0.15, -0.1) is 0 Å². The molecule has 0 unspecified atom stereocenters. The molecule has 2 heterocycles. The smallest absolute Gasteiger partial charge is 0.122 e. The molecular formula is C16H28N2O2. The fourth-order valence-electron chi connectivity index (χ4n) is 2.53. The molecular weight excluding hydrogens is 252 g/mol. The maximum atomic E-state index is 5.64. The van der Waals surface area contributed by atoms with Crippen molar-refractivity contribution in [1.82, 2.24) is 10.2 Å². The third-order valence-electron chi connectivity index (χ3n) is 3.85. The second-order valence-electron chi connectivity index (χ2n) is 6.68. The van der Waals surface area contributed by atoms with Crippen molar-refractivity contribution in [3.8, 4) is 0 Å². The summed E-state index contributed by atoms with van der Waals surface area (Å²) >= 11 is 0. The maximum absolute atomic E-state index is 5.64. The first-order chi connectivity index (χ1) is 9.49. The van der Waals surface area contributed by atoms with Crippen molar-refractivity contribution in [2.75, 3.05) is 26.3 Å². The lowest BCUT2D eigenvalue weighted by Crippen LogP contribution is -2.52. The van der Waals surface area contributed by atoms with Gasteiger partial charge in [-0.1, -0.05) is 13.8 Å². The number of nitrogens with zero attached hydrogens (tertiary/aromatic N) is 1. The van der Waals surface area contributed by atoms with Crippen molar-refractivity contribution >= 4 is 0 Å². The van der Waals surface area contributed by atoms with Crippen molar-refractivity contribution in [3.63, 3.8) is 0 Å². The fraction of sp³-hybridized carbons (Fsp3) is 0.750. The van der Waals surface area contributed by atoms with Gasteiger partial charge in [-0.2, -0.15) is 0 Å². The zero-order valence-corrected chi connectivity index (χ0v) is 13.2. The molecule has 1 aliphatic heterocycles. The molecule has 0 aromatic carbocycles. The molecule has 0 saturated carbocycles. The van der Waals surface area contributed by atoms with Gasteiger partial charge in [0, 0.05) is 24.2 Å². The van der Waals surface area contributed by atoms with Crippen molar-refractivity contribution in [1.29, 1.82) is 0 Å². The first-order valence-electron chi connectivity index (χ1n) is 7.58. The molecule has 1 N–H and O–H groups in total. The van der Waals surface area contributed by atoms with E-state index in [4.69, 9.17) is 9.15 Å². The molecule has 0 spiro atoms. The van der Waals surface area contributed by atoms with E-state index in [1.54, 1.807) is 6.26 Å². The minimum Gasteiger partial charge on any atom is -0.468 e. The van der Waals surface area contributed by atoms with Crippen LogP contribution in [0.3, 0.4) is 0 Å². The van der Waals surface area contributed by atoms with Crippen LogP contribution < -0.4 is 5.32 Å². The Labute approximate surface area is 122 Å². The number of rotatable bonds is 6. The molecule has 0 aliphatic carbocycles. The number of hydrogen-bond donors (Lipinski definition) is 1. The summed E-state index contributed by atoms with van der Waals surface area (Å²) in [5.74, 6) is 1.72. The molecule has 20 heavy (non-hydrogen) atoms. The molecule has 0 radical (unpaired) electrons. The van der Waals surface area contributed by atoms with Gasteiger partial charge in [0.2, 0.25) is 0 Å². The van der Waals surface area contributed by atoms with E-state index in [1.165, 1.54) is 5.56 Å². The topological polar surface area (TPSA) is 37.6 Å². The lowest BCUT2D eigenvalue weighted by Gasteiger charge is -2.42. The van der Waals surface area contributed by atoms with E-state index in [1.807, 2.05) is 0 Å². The SMILES string of the molecule is CC(C)CNCc1occc1CN1CCOCC1(C)C. The fourth-order valence-corrected chi connectivity index (χ4v) is 2.53.